The van der Waals surface area contributed by atoms with Crippen LogP contribution in [-0.2, 0) is 21.4 Å². The van der Waals surface area contributed by atoms with Gasteiger partial charge in [-0.25, -0.2) is 8.42 Å². The maximum Gasteiger partial charge on any atom is 0.250 e. The SMILES string of the molecule is O=C(C=Cc1ccc2c(c1)OCO2)Nc1ccc(S(=O)(=O)N2CC3CC(C2)c2cccc(=O)n2C3)cc1. The number of pyridine rings is 1. The lowest BCUT2D eigenvalue weighted by Gasteiger charge is -2.42. The number of carbonyl (C=O) groups excluding carboxylic acids is 1. The van der Waals surface area contributed by atoms with E-state index in [0.717, 1.165) is 17.7 Å². The normalized spacial score (nSPS) is 20.5. The van der Waals surface area contributed by atoms with Crippen LogP contribution in [0.3, 0.4) is 0 Å². The molecule has 2 unspecified atom stereocenters. The van der Waals surface area contributed by atoms with Gasteiger partial charge in [-0.3, -0.25) is 9.59 Å². The molecule has 0 aliphatic carbocycles. The van der Waals surface area contributed by atoms with Crippen molar-refractivity contribution < 1.29 is 22.7 Å². The second-order valence-electron chi connectivity index (χ2n) is 9.48. The summed E-state index contributed by atoms with van der Waals surface area (Å²) in [5.41, 5.74) is 2.14. The first-order valence-electron chi connectivity index (χ1n) is 12.1. The molecule has 1 aromatic heterocycles. The molecule has 1 N–H and O–H groups in total. The number of carbonyl (C=O) groups is 1. The number of sulfonamides is 1. The van der Waals surface area contributed by atoms with Gasteiger partial charge in [0.2, 0.25) is 22.7 Å². The Morgan fingerprint density at radius 1 is 0.973 bits per heavy atom. The molecule has 0 radical (unpaired) electrons. The molecule has 1 saturated heterocycles. The Labute approximate surface area is 214 Å². The molecule has 2 bridgehead atoms. The average Bonchev–Trinajstić information content (AvgIpc) is 3.36. The number of hydrogen-bond donors (Lipinski definition) is 1. The lowest BCUT2D eigenvalue weighted by Crippen LogP contribution is -2.48. The monoisotopic (exact) mass is 519 g/mol. The zero-order chi connectivity index (χ0) is 25.6. The number of rotatable bonds is 5. The van der Waals surface area contributed by atoms with Crippen LogP contribution in [0.4, 0.5) is 5.69 Å². The largest absolute Gasteiger partial charge is 0.454 e. The molecule has 3 aliphatic heterocycles. The van der Waals surface area contributed by atoms with Crippen molar-refractivity contribution in [2.45, 2.75) is 23.8 Å². The maximum absolute atomic E-state index is 13.4. The minimum absolute atomic E-state index is 0.00807. The number of piperidine rings is 1. The Hall–Kier alpha value is -3.89. The summed E-state index contributed by atoms with van der Waals surface area (Å²) in [6.07, 6.45) is 3.94. The van der Waals surface area contributed by atoms with Crippen LogP contribution >= 0.6 is 0 Å². The van der Waals surface area contributed by atoms with E-state index in [1.165, 1.54) is 22.5 Å². The van der Waals surface area contributed by atoms with Gasteiger partial charge in [-0.05, 0) is 66.4 Å². The van der Waals surface area contributed by atoms with Crippen molar-refractivity contribution >= 4 is 27.7 Å². The number of ether oxygens (including phenoxy) is 2. The highest BCUT2D eigenvalue weighted by Gasteiger charge is 2.39. The highest BCUT2D eigenvalue weighted by atomic mass is 32.2. The number of nitrogens with one attached hydrogen (secondary N) is 1. The number of amides is 1. The summed E-state index contributed by atoms with van der Waals surface area (Å²) in [6, 6.07) is 16.8. The van der Waals surface area contributed by atoms with E-state index in [1.807, 2.05) is 12.1 Å². The van der Waals surface area contributed by atoms with Gasteiger partial charge in [-0.2, -0.15) is 4.31 Å². The highest BCUT2D eigenvalue weighted by molar-refractivity contribution is 7.89. The van der Waals surface area contributed by atoms with E-state index in [0.29, 0.717) is 36.8 Å². The molecule has 3 aromatic rings. The summed E-state index contributed by atoms with van der Waals surface area (Å²) < 4.78 is 40.7. The van der Waals surface area contributed by atoms with E-state index in [2.05, 4.69) is 5.32 Å². The molecule has 0 saturated carbocycles. The third-order valence-electron chi connectivity index (χ3n) is 7.03. The Morgan fingerprint density at radius 2 is 1.78 bits per heavy atom. The minimum atomic E-state index is -3.72. The van der Waals surface area contributed by atoms with Gasteiger partial charge < -0.3 is 19.4 Å². The number of fused-ring (bicyclic) bond motifs is 5. The number of anilines is 1. The first kappa shape index (κ1) is 23.5. The van der Waals surface area contributed by atoms with Crippen LogP contribution in [0, 0.1) is 5.92 Å². The van der Waals surface area contributed by atoms with Gasteiger partial charge in [0, 0.05) is 49.1 Å². The van der Waals surface area contributed by atoms with Gasteiger partial charge in [0.25, 0.3) is 5.56 Å². The van der Waals surface area contributed by atoms with E-state index in [9.17, 15) is 18.0 Å². The minimum Gasteiger partial charge on any atom is -0.454 e. The van der Waals surface area contributed by atoms with Crippen LogP contribution < -0.4 is 20.3 Å². The molecule has 9 nitrogen and oxygen atoms in total. The number of nitrogens with zero attached hydrogens (tertiary/aromatic N) is 2. The third kappa shape index (κ3) is 4.54. The fourth-order valence-corrected chi connectivity index (χ4v) is 6.84. The van der Waals surface area contributed by atoms with Gasteiger partial charge in [0.1, 0.15) is 0 Å². The molecule has 0 spiro atoms. The molecule has 6 rings (SSSR count). The third-order valence-corrected chi connectivity index (χ3v) is 8.88. The predicted octanol–water partition coefficient (Wildman–Crippen LogP) is 3.04. The topological polar surface area (TPSA) is 107 Å². The van der Waals surface area contributed by atoms with Gasteiger partial charge in [0.15, 0.2) is 11.5 Å². The Morgan fingerprint density at radius 3 is 2.62 bits per heavy atom. The van der Waals surface area contributed by atoms with Gasteiger partial charge in [-0.15, -0.1) is 0 Å². The number of hydrogen-bond acceptors (Lipinski definition) is 6. The smallest absolute Gasteiger partial charge is 0.250 e. The zero-order valence-electron chi connectivity index (χ0n) is 19.9. The Balaban J connectivity index is 1.12. The van der Waals surface area contributed by atoms with Crippen LogP contribution in [0.5, 0.6) is 11.5 Å². The summed E-state index contributed by atoms with van der Waals surface area (Å²) in [7, 11) is -3.72. The molecule has 10 heteroatoms. The molecular formula is C27H25N3O6S. The summed E-state index contributed by atoms with van der Waals surface area (Å²) in [6.45, 7) is 1.43. The predicted molar refractivity (Wildman–Crippen MR) is 137 cm³/mol. The van der Waals surface area contributed by atoms with E-state index in [1.54, 1.807) is 47.0 Å². The lowest BCUT2D eigenvalue weighted by atomic mass is 9.84. The first-order chi connectivity index (χ1) is 17.9. The average molecular weight is 520 g/mol. The van der Waals surface area contributed by atoms with Gasteiger partial charge in [0.05, 0.1) is 4.90 Å². The van der Waals surface area contributed by atoms with Crippen molar-refractivity contribution in [3.8, 4) is 11.5 Å². The van der Waals surface area contributed by atoms with E-state index in [4.69, 9.17) is 9.47 Å². The van der Waals surface area contributed by atoms with E-state index >= 15 is 0 Å². The van der Waals surface area contributed by atoms with Crippen molar-refractivity contribution in [2.75, 3.05) is 25.2 Å². The van der Waals surface area contributed by atoms with Crippen LogP contribution in [-0.4, -0.2) is 43.1 Å². The van der Waals surface area contributed by atoms with Crippen LogP contribution in [0.25, 0.3) is 6.08 Å². The second kappa shape index (κ2) is 9.20. The molecule has 2 atom stereocenters. The number of benzene rings is 2. The van der Waals surface area contributed by atoms with Crippen molar-refractivity contribution in [1.29, 1.82) is 0 Å². The summed E-state index contributed by atoms with van der Waals surface area (Å²) in [4.78, 5) is 24.8. The highest BCUT2D eigenvalue weighted by Crippen LogP contribution is 2.37. The quantitative estimate of drug-likeness (QED) is 0.520. The van der Waals surface area contributed by atoms with Crippen molar-refractivity contribution in [2.24, 2.45) is 5.92 Å². The van der Waals surface area contributed by atoms with E-state index < -0.39 is 10.0 Å². The van der Waals surface area contributed by atoms with Gasteiger partial charge in [-0.1, -0.05) is 12.1 Å². The molecule has 1 fully saturated rings. The fraction of sp³-hybridized carbons (Fsp3) is 0.259. The summed E-state index contributed by atoms with van der Waals surface area (Å²) >= 11 is 0. The Bertz CT molecular complexity index is 1560. The molecular weight excluding hydrogens is 494 g/mol. The molecule has 1 amide bonds. The molecule has 190 valence electrons. The first-order valence-corrected chi connectivity index (χ1v) is 13.5. The Kier molecular flexibility index (Phi) is 5.85. The van der Waals surface area contributed by atoms with E-state index in [-0.39, 0.29) is 35.0 Å². The standard InChI is InChI=1S/C27H25N3O6S/c31-26(11-5-18-4-10-24-25(13-18)36-17-35-24)28-21-6-8-22(9-7-21)37(33,34)29-14-19-12-20(16-29)23-2-1-3-27(32)30(23)15-19/h1-11,13,19-20H,12,14-17H2,(H,28,31). The molecule has 3 aliphatic rings. The number of aromatic nitrogens is 1. The van der Waals surface area contributed by atoms with Crippen LogP contribution in [0.1, 0.15) is 23.6 Å². The molecule has 37 heavy (non-hydrogen) atoms. The fourth-order valence-electron chi connectivity index (χ4n) is 5.28. The molecule has 2 aromatic carbocycles. The van der Waals surface area contributed by atoms with Crippen molar-refractivity contribution in [3.63, 3.8) is 0 Å². The summed E-state index contributed by atoms with van der Waals surface area (Å²) in [5.74, 6) is 1.05. The molecule has 4 heterocycles. The van der Waals surface area contributed by atoms with Crippen LogP contribution in [0.2, 0.25) is 0 Å². The van der Waals surface area contributed by atoms with Crippen LogP contribution in [0.15, 0.2) is 76.4 Å². The van der Waals surface area contributed by atoms with Crippen molar-refractivity contribution in [1.82, 2.24) is 8.87 Å². The zero-order valence-corrected chi connectivity index (χ0v) is 20.7. The maximum atomic E-state index is 13.4. The summed E-state index contributed by atoms with van der Waals surface area (Å²) in [5, 5.41) is 2.75. The van der Waals surface area contributed by atoms with Crippen molar-refractivity contribution in [3.05, 3.63) is 88.4 Å². The second-order valence-corrected chi connectivity index (χ2v) is 11.4. The lowest BCUT2D eigenvalue weighted by molar-refractivity contribution is -0.111. The van der Waals surface area contributed by atoms with Gasteiger partial charge >= 0.3 is 0 Å².